The van der Waals surface area contributed by atoms with Crippen molar-refractivity contribution in [2.75, 3.05) is 0 Å². The first-order valence-corrected chi connectivity index (χ1v) is 4.46. The average molecular weight is 159 g/mol. The predicted octanol–water partition coefficient (Wildman–Crippen LogP) is 1.99. The number of ketones is 1. The van der Waals surface area contributed by atoms with Crippen LogP contribution in [0.1, 0.15) is 42.0 Å². The van der Waals surface area contributed by atoms with Gasteiger partial charge in [0, 0.05) is 7.47 Å². The van der Waals surface area contributed by atoms with E-state index in [0.717, 1.165) is 12.8 Å². The molecule has 0 bridgehead atoms. The van der Waals surface area contributed by atoms with Crippen molar-refractivity contribution in [1.29, 1.82) is 0 Å². The van der Waals surface area contributed by atoms with Gasteiger partial charge in [0.15, 0.2) is 0 Å². The molecule has 68 valence electrons. The monoisotopic (exact) mass is 159 g/mol. The maximum Gasteiger partial charge on any atom is 0.146 e. The summed E-state index contributed by atoms with van der Waals surface area (Å²) in [4.78, 5) is 10.7. The van der Waals surface area contributed by atoms with Crippen LogP contribution in [-0.2, 0) is 4.79 Å². The molecule has 1 rings (SSSR count). The summed E-state index contributed by atoms with van der Waals surface area (Å²) in [6, 6.07) is 0.693. The average Bonchev–Trinajstić information content (AvgIpc) is 2.40. The van der Waals surface area contributed by atoms with Crippen LogP contribution in [0.2, 0.25) is 0 Å². The third-order valence-corrected chi connectivity index (χ3v) is 1.86. The van der Waals surface area contributed by atoms with E-state index in [-0.39, 0.29) is 13.3 Å². The SMILES string of the molecule is CC.CC(=O)C1CCC(C)N1.[HH]. The Bertz CT molecular complexity index is 128. The van der Waals surface area contributed by atoms with Crippen LogP contribution in [0.15, 0.2) is 0 Å². The first-order valence-electron chi connectivity index (χ1n) is 4.46. The van der Waals surface area contributed by atoms with E-state index in [9.17, 15) is 4.79 Å². The Morgan fingerprint density at radius 3 is 2.18 bits per heavy atom. The van der Waals surface area contributed by atoms with Gasteiger partial charge in [0.2, 0.25) is 0 Å². The van der Waals surface area contributed by atoms with Gasteiger partial charge < -0.3 is 5.32 Å². The van der Waals surface area contributed by atoms with E-state index in [2.05, 4.69) is 12.2 Å². The van der Waals surface area contributed by atoms with Gasteiger partial charge in [0.05, 0.1) is 6.04 Å². The van der Waals surface area contributed by atoms with Gasteiger partial charge in [-0.3, -0.25) is 4.79 Å². The molecule has 1 aliphatic rings. The maximum absolute atomic E-state index is 10.7. The summed E-state index contributed by atoms with van der Waals surface area (Å²) < 4.78 is 0. The minimum Gasteiger partial charge on any atom is -0.305 e. The highest BCUT2D eigenvalue weighted by Gasteiger charge is 2.22. The van der Waals surface area contributed by atoms with Crippen LogP contribution in [0, 0.1) is 0 Å². The quantitative estimate of drug-likeness (QED) is 0.634. The highest BCUT2D eigenvalue weighted by Crippen LogP contribution is 2.11. The summed E-state index contributed by atoms with van der Waals surface area (Å²) in [5, 5.41) is 3.20. The van der Waals surface area contributed by atoms with Crippen LogP contribution in [0.25, 0.3) is 0 Å². The van der Waals surface area contributed by atoms with E-state index in [1.165, 1.54) is 0 Å². The van der Waals surface area contributed by atoms with Crippen LogP contribution < -0.4 is 5.32 Å². The summed E-state index contributed by atoms with van der Waals surface area (Å²) in [5.41, 5.74) is 0. The van der Waals surface area contributed by atoms with Gasteiger partial charge in [-0.1, -0.05) is 13.8 Å². The predicted molar refractivity (Wildman–Crippen MR) is 49.8 cm³/mol. The lowest BCUT2D eigenvalue weighted by Crippen LogP contribution is -2.32. The fourth-order valence-corrected chi connectivity index (χ4v) is 1.25. The Kier molecular flexibility index (Phi) is 5.12. The van der Waals surface area contributed by atoms with Crippen molar-refractivity contribution < 1.29 is 6.22 Å². The number of carbonyl (C=O) groups is 1. The van der Waals surface area contributed by atoms with Crippen molar-refractivity contribution in [2.24, 2.45) is 0 Å². The molecule has 0 amide bonds. The van der Waals surface area contributed by atoms with Crippen molar-refractivity contribution in [3.8, 4) is 0 Å². The molecule has 0 aromatic carbocycles. The van der Waals surface area contributed by atoms with E-state index in [4.69, 9.17) is 0 Å². The van der Waals surface area contributed by atoms with Crippen molar-refractivity contribution in [2.45, 2.75) is 52.6 Å². The third-order valence-electron chi connectivity index (χ3n) is 1.86. The van der Waals surface area contributed by atoms with Gasteiger partial charge in [-0.25, -0.2) is 0 Å². The Hall–Kier alpha value is -0.370. The number of Topliss-reactive ketones (excluding diaryl/α,β-unsaturated/α-hetero) is 1. The summed E-state index contributed by atoms with van der Waals surface area (Å²) in [5.74, 6) is 0.277. The highest BCUT2D eigenvalue weighted by atomic mass is 16.1. The Morgan fingerprint density at radius 2 is 2.00 bits per heavy atom. The summed E-state index contributed by atoms with van der Waals surface area (Å²) in [6.07, 6.45) is 2.17. The lowest BCUT2D eigenvalue weighted by Gasteiger charge is -2.05. The Balaban J connectivity index is 0. The molecule has 1 N–H and O–H groups in total. The van der Waals surface area contributed by atoms with Crippen molar-refractivity contribution in [3.63, 3.8) is 0 Å². The Labute approximate surface area is 70.9 Å². The minimum absolute atomic E-state index is 0. The van der Waals surface area contributed by atoms with E-state index in [0.29, 0.717) is 6.04 Å². The number of hydrogen-bond donors (Lipinski definition) is 1. The molecule has 11 heavy (non-hydrogen) atoms. The number of carbonyl (C=O) groups excluding carboxylic acids is 1. The molecule has 1 aliphatic heterocycles. The molecule has 0 spiro atoms. The molecule has 0 saturated carbocycles. The van der Waals surface area contributed by atoms with Crippen LogP contribution in [0.5, 0.6) is 0 Å². The normalized spacial score (nSPS) is 29.1. The van der Waals surface area contributed by atoms with Crippen molar-refractivity contribution >= 4 is 5.78 Å². The molecule has 2 unspecified atom stereocenters. The molecule has 0 radical (unpaired) electrons. The minimum atomic E-state index is 0. The fourth-order valence-electron chi connectivity index (χ4n) is 1.25. The number of rotatable bonds is 1. The maximum atomic E-state index is 10.7. The smallest absolute Gasteiger partial charge is 0.146 e. The van der Waals surface area contributed by atoms with Gasteiger partial charge in [0.1, 0.15) is 5.78 Å². The van der Waals surface area contributed by atoms with Gasteiger partial charge in [-0.15, -0.1) is 0 Å². The highest BCUT2D eigenvalue weighted by molar-refractivity contribution is 5.81. The largest absolute Gasteiger partial charge is 0.305 e. The summed E-state index contributed by atoms with van der Waals surface area (Å²) in [7, 11) is 0. The topological polar surface area (TPSA) is 29.1 Å². The first-order chi connectivity index (χ1) is 5.20. The van der Waals surface area contributed by atoms with E-state index in [1.54, 1.807) is 6.92 Å². The molecular weight excluding hydrogens is 138 g/mol. The van der Waals surface area contributed by atoms with Crippen LogP contribution in [0.4, 0.5) is 0 Å². The first kappa shape index (κ1) is 10.6. The summed E-state index contributed by atoms with van der Waals surface area (Å²) in [6.45, 7) is 7.76. The molecule has 1 saturated heterocycles. The molecule has 0 aromatic heterocycles. The molecule has 0 aromatic rings. The van der Waals surface area contributed by atoms with Gasteiger partial charge in [-0.2, -0.15) is 0 Å². The second kappa shape index (κ2) is 5.30. The van der Waals surface area contributed by atoms with Gasteiger partial charge in [-0.05, 0) is 26.7 Å². The zero-order valence-corrected chi connectivity index (χ0v) is 7.98. The van der Waals surface area contributed by atoms with Crippen molar-refractivity contribution in [3.05, 3.63) is 0 Å². The summed E-state index contributed by atoms with van der Waals surface area (Å²) >= 11 is 0. The van der Waals surface area contributed by atoms with Crippen LogP contribution in [-0.4, -0.2) is 17.9 Å². The second-order valence-electron chi connectivity index (χ2n) is 2.81. The van der Waals surface area contributed by atoms with E-state index in [1.807, 2.05) is 13.8 Å². The molecule has 2 heteroatoms. The molecular formula is C9H21NO. The fraction of sp³-hybridized carbons (Fsp3) is 0.889. The Morgan fingerprint density at radius 1 is 1.45 bits per heavy atom. The zero-order chi connectivity index (χ0) is 8.85. The molecule has 1 heterocycles. The molecule has 0 aliphatic carbocycles. The second-order valence-corrected chi connectivity index (χ2v) is 2.81. The van der Waals surface area contributed by atoms with Crippen molar-refractivity contribution in [1.82, 2.24) is 5.32 Å². The van der Waals surface area contributed by atoms with E-state index >= 15 is 0 Å². The van der Waals surface area contributed by atoms with Crippen LogP contribution >= 0.6 is 0 Å². The lowest BCUT2D eigenvalue weighted by atomic mass is 10.1. The van der Waals surface area contributed by atoms with Gasteiger partial charge >= 0.3 is 0 Å². The van der Waals surface area contributed by atoms with Crippen LogP contribution in [0.3, 0.4) is 0 Å². The standard InChI is InChI=1S/C7H13NO.C2H6.H2/c1-5-3-4-7(8-5)6(2)9;1-2;/h5,7-8H,3-4H2,1-2H3;1-2H3;1H. The number of hydrogen-bond acceptors (Lipinski definition) is 2. The molecule has 2 atom stereocenters. The lowest BCUT2D eigenvalue weighted by molar-refractivity contribution is -0.118. The molecule has 2 nitrogen and oxygen atoms in total. The zero-order valence-electron chi connectivity index (χ0n) is 7.98. The molecule has 1 fully saturated rings. The third kappa shape index (κ3) is 3.51. The number of nitrogens with one attached hydrogen (secondary N) is 1. The van der Waals surface area contributed by atoms with E-state index < -0.39 is 0 Å². The van der Waals surface area contributed by atoms with Gasteiger partial charge in [0.25, 0.3) is 0 Å².